The van der Waals surface area contributed by atoms with Crippen molar-refractivity contribution in [2.45, 2.75) is 27.2 Å². The standard InChI is InChI=1S/C23H27N3O4/c1-4-26(5-2)12-13-29-23(28)17-7-9-18(10-8-17)24-22(27)15-20-19-14-16(3)6-11-21(19)30-25-20/h6-11,14H,4-5,12-13,15H2,1-3H3,(H,24,27). The van der Waals surface area contributed by atoms with Gasteiger partial charge in [0.15, 0.2) is 5.58 Å². The van der Waals surface area contributed by atoms with E-state index in [2.05, 4.69) is 29.2 Å². The predicted octanol–water partition coefficient (Wildman–Crippen LogP) is 3.82. The highest BCUT2D eigenvalue weighted by Crippen LogP contribution is 2.20. The molecule has 1 heterocycles. The molecule has 2 aromatic carbocycles. The number of aromatic nitrogens is 1. The van der Waals surface area contributed by atoms with Crippen LogP contribution in [0, 0.1) is 6.92 Å². The van der Waals surface area contributed by atoms with Crippen LogP contribution in [0.2, 0.25) is 0 Å². The van der Waals surface area contributed by atoms with Crippen molar-refractivity contribution in [3.05, 3.63) is 59.3 Å². The molecule has 0 radical (unpaired) electrons. The maximum Gasteiger partial charge on any atom is 0.338 e. The number of carbonyl (C=O) groups is 2. The fraction of sp³-hybridized carbons (Fsp3) is 0.348. The zero-order valence-electron chi connectivity index (χ0n) is 17.6. The number of anilines is 1. The minimum Gasteiger partial charge on any atom is -0.461 e. The van der Waals surface area contributed by atoms with Crippen molar-refractivity contribution in [3.8, 4) is 0 Å². The maximum atomic E-state index is 12.4. The quantitative estimate of drug-likeness (QED) is 0.541. The number of aryl methyl sites for hydroxylation is 1. The van der Waals surface area contributed by atoms with Gasteiger partial charge in [0, 0.05) is 17.6 Å². The first kappa shape index (κ1) is 21.5. The number of ether oxygens (including phenoxy) is 1. The van der Waals surface area contributed by atoms with Crippen LogP contribution in [0.1, 0.15) is 35.5 Å². The molecule has 0 atom stereocenters. The molecule has 0 aliphatic heterocycles. The molecule has 0 saturated carbocycles. The van der Waals surface area contributed by atoms with Crippen molar-refractivity contribution in [3.63, 3.8) is 0 Å². The number of rotatable bonds is 9. The van der Waals surface area contributed by atoms with Gasteiger partial charge in [-0.15, -0.1) is 0 Å². The zero-order chi connectivity index (χ0) is 21.5. The van der Waals surface area contributed by atoms with Crippen molar-refractivity contribution in [1.82, 2.24) is 10.1 Å². The molecule has 3 aromatic rings. The molecule has 7 nitrogen and oxygen atoms in total. The monoisotopic (exact) mass is 409 g/mol. The highest BCUT2D eigenvalue weighted by atomic mass is 16.5. The molecule has 1 amide bonds. The Morgan fingerprint density at radius 1 is 1.10 bits per heavy atom. The summed E-state index contributed by atoms with van der Waals surface area (Å²) in [4.78, 5) is 26.7. The number of esters is 1. The van der Waals surface area contributed by atoms with E-state index < -0.39 is 0 Å². The van der Waals surface area contributed by atoms with Crippen molar-refractivity contribution in [2.24, 2.45) is 0 Å². The van der Waals surface area contributed by atoms with Crippen LogP contribution < -0.4 is 5.32 Å². The largest absolute Gasteiger partial charge is 0.461 e. The van der Waals surface area contributed by atoms with Gasteiger partial charge in [-0.2, -0.15) is 0 Å². The van der Waals surface area contributed by atoms with Gasteiger partial charge >= 0.3 is 5.97 Å². The van der Waals surface area contributed by atoms with Crippen molar-refractivity contribution in [1.29, 1.82) is 0 Å². The summed E-state index contributed by atoms with van der Waals surface area (Å²) in [5.41, 5.74) is 3.38. The highest BCUT2D eigenvalue weighted by Gasteiger charge is 2.13. The fourth-order valence-electron chi connectivity index (χ4n) is 3.17. The number of amides is 1. The van der Waals surface area contributed by atoms with Gasteiger partial charge in [-0.05, 0) is 56.4 Å². The van der Waals surface area contributed by atoms with Gasteiger partial charge in [0.2, 0.25) is 5.91 Å². The normalized spacial score (nSPS) is 11.1. The summed E-state index contributed by atoms with van der Waals surface area (Å²) >= 11 is 0. The van der Waals surface area contributed by atoms with Crippen LogP contribution in [0.3, 0.4) is 0 Å². The minimum atomic E-state index is -0.371. The van der Waals surface area contributed by atoms with Crippen LogP contribution in [0.5, 0.6) is 0 Å². The van der Waals surface area contributed by atoms with E-state index in [9.17, 15) is 9.59 Å². The Kier molecular flexibility index (Phi) is 7.19. The number of nitrogens with one attached hydrogen (secondary N) is 1. The van der Waals surface area contributed by atoms with E-state index in [0.29, 0.717) is 35.7 Å². The molecule has 0 bridgehead atoms. The van der Waals surface area contributed by atoms with Gasteiger partial charge in [0.05, 0.1) is 12.0 Å². The topological polar surface area (TPSA) is 84.7 Å². The molecule has 0 spiro atoms. The molecule has 1 aromatic heterocycles. The zero-order valence-corrected chi connectivity index (χ0v) is 17.6. The number of nitrogens with zero attached hydrogens (tertiary/aromatic N) is 2. The molecule has 7 heteroatoms. The van der Waals surface area contributed by atoms with Gasteiger partial charge in [-0.3, -0.25) is 4.79 Å². The molecule has 30 heavy (non-hydrogen) atoms. The minimum absolute atomic E-state index is 0.103. The number of likely N-dealkylation sites (N-methyl/N-ethyl adjacent to an activating group) is 1. The summed E-state index contributed by atoms with van der Waals surface area (Å²) in [5.74, 6) is -0.578. The van der Waals surface area contributed by atoms with E-state index in [0.717, 1.165) is 24.0 Å². The highest BCUT2D eigenvalue weighted by molar-refractivity contribution is 5.95. The van der Waals surface area contributed by atoms with Crippen molar-refractivity contribution >= 4 is 28.5 Å². The number of fused-ring (bicyclic) bond motifs is 1. The third-order valence-electron chi connectivity index (χ3n) is 4.97. The second-order valence-electron chi connectivity index (χ2n) is 7.09. The van der Waals surface area contributed by atoms with Crippen molar-refractivity contribution in [2.75, 3.05) is 31.6 Å². The molecule has 0 fully saturated rings. The number of carbonyl (C=O) groups excluding carboxylic acids is 2. The van der Waals surface area contributed by atoms with E-state index in [1.54, 1.807) is 24.3 Å². The predicted molar refractivity (Wildman–Crippen MR) is 116 cm³/mol. The number of hydrogen-bond acceptors (Lipinski definition) is 6. The fourth-order valence-corrected chi connectivity index (χ4v) is 3.17. The average molecular weight is 409 g/mol. The molecule has 158 valence electrons. The lowest BCUT2D eigenvalue weighted by atomic mass is 10.1. The Bertz CT molecular complexity index is 1010. The molecule has 3 rings (SSSR count). The smallest absolute Gasteiger partial charge is 0.338 e. The number of hydrogen-bond donors (Lipinski definition) is 1. The lowest BCUT2D eigenvalue weighted by molar-refractivity contribution is -0.115. The SMILES string of the molecule is CCN(CC)CCOC(=O)c1ccc(NC(=O)Cc2noc3ccc(C)cc23)cc1. The van der Waals surface area contributed by atoms with E-state index >= 15 is 0 Å². The van der Waals surface area contributed by atoms with Crippen LogP contribution >= 0.6 is 0 Å². The first-order chi connectivity index (χ1) is 14.5. The van der Waals surface area contributed by atoms with E-state index in [4.69, 9.17) is 9.26 Å². The Morgan fingerprint density at radius 2 is 1.83 bits per heavy atom. The first-order valence-electron chi connectivity index (χ1n) is 10.1. The molecule has 1 N–H and O–H groups in total. The van der Waals surface area contributed by atoms with E-state index in [1.807, 2.05) is 25.1 Å². The van der Waals surface area contributed by atoms with Gasteiger partial charge in [0.1, 0.15) is 12.3 Å². The summed E-state index contributed by atoms with van der Waals surface area (Å²) in [7, 11) is 0. The molecule has 0 unspecified atom stereocenters. The third-order valence-corrected chi connectivity index (χ3v) is 4.97. The van der Waals surface area contributed by atoms with Gasteiger partial charge < -0.3 is 19.5 Å². The maximum absolute atomic E-state index is 12.4. The summed E-state index contributed by atoms with van der Waals surface area (Å²) in [6.45, 7) is 9.03. The van der Waals surface area contributed by atoms with Crippen LogP contribution in [0.15, 0.2) is 47.0 Å². The Morgan fingerprint density at radius 3 is 2.53 bits per heavy atom. The van der Waals surface area contributed by atoms with E-state index in [1.165, 1.54) is 0 Å². The Labute approximate surface area is 176 Å². The Balaban J connectivity index is 1.54. The molecular formula is C23H27N3O4. The van der Waals surface area contributed by atoms with Crippen LogP contribution in [-0.4, -0.2) is 48.2 Å². The second kappa shape index (κ2) is 10.0. The van der Waals surface area contributed by atoms with Gasteiger partial charge in [0.25, 0.3) is 0 Å². The van der Waals surface area contributed by atoms with Crippen LogP contribution in [-0.2, 0) is 16.0 Å². The lowest BCUT2D eigenvalue weighted by Gasteiger charge is -2.17. The first-order valence-corrected chi connectivity index (χ1v) is 10.1. The van der Waals surface area contributed by atoms with Gasteiger partial charge in [-0.25, -0.2) is 4.79 Å². The molecule has 0 aliphatic rings. The molecule has 0 saturated heterocycles. The number of benzene rings is 2. The van der Waals surface area contributed by atoms with Gasteiger partial charge in [-0.1, -0.05) is 30.6 Å². The summed E-state index contributed by atoms with van der Waals surface area (Å²) in [5, 5.41) is 7.67. The molecular weight excluding hydrogens is 382 g/mol. The van der Waals surface area contributed by atoms with Crippen molar-refractivity contribution < 1.29 is 18.8 Å². The average Bonchev–Trinajstić information content (AvgIpc) is 3.13. The summed E-state index contributed by atoms with van der Waals surface area (Å²) < 4.78 is 10.6. The summed E-state index contributed by atoms with van der Waals surface area (Å²) in [6, 6.07) is 12.4. The molecule has 0 aliphatic carbocycles. The second-order valence-corrected chi connectivity index (χ2v) is 7.09. The Hall–Kier alpha value is -3.19. The van der Waals surface area contributed by atoms with Crippen LogP contribution in [0.25, 0.3) is 11.0 Å². The third kappa shape index (κ3) is 5.45. The van der Waals surface area contributed by atoms with Crippen LogP contribution in [0.4, 0.5) is 5.69 Å². The summed E-state index contributed by atoms with van der Waals surface area (Å²) in [6.07, 6.45) is 0.103. The van der Waals surface area contributed by atoms with E-state index in [-0.39, 0.29) is 18.3 Å². The lowest BCUT2D eigenvalue weighted by Crippen LogP contribution is -2.27.